The lowest BCUT2D eigenvalue weighted by molar-refractivity contribution is 0.123. The first-order chi connectivity index (χ1) is 9.29. The number of nitrogens with zero attached hydrogens (tertiary/aromatic N) is 2. The molecular weight excluding hydrogens is 264 g/mol. The van der Waals surface area contributed by atoms with E-state index in [1.54, 1.807) is 7.11 Å². The molecule has 0 radical (unpaired) electrons. The summed E-state index contributed by atoms with van der Waals surface area (Å²) in [4.78, 5) is 6.55. The van der Waals surface area contributed by atoms with E-state index in [-0.39, 0.29) is 0 Å². The summed E-state index contributed by atoms with van der Waals surface area (Å²) >= 11 is 6.17. The van der Waals surface area contributed by atoms with Gasteiger partial charge in [0.05, 0.1) is 32.2 Å². The molecule has 0 N–H and O–H groups in total. The maximum absolute atomic E-state index is 6.17. The van der Waals surface area contributed by atoms with E-state index in [0.717, 1.165) is 48.5 Å². The molecule has 1 aliphatic rings. The number of halogens is 1. The van der Waals surface area contributed by atoms with E-state index in [4.69, 9.17) is 21.1 Å². The van der Waals surface area contributed by atoms with Crippen molar-refractivity contribution in [2.75, 3.05) is 38.3 Å². The van der Waals surface area contributed by atoms with Gasteiger partial charge in [0.2, 0.25) is 0 Å². The molecule has 100 valence electrons. The van der Waals surface area contributed by atoms with Crippen LogP contribution in [0.4, 0.5) is 5.69 Å². The zero-order chi connectivity index (χ0) is 13.2. The number of aromatic nitrogens is 1. The summed E-state index contributed by atoms with van der Waals surface area (Å²) in [6.45, 7) is 3.23. The summed E-state index contributed by atoms with van der Waals surface area (Å²) in [5.74, 6) is 0.823. The Hall–Kier alpha value is -1.52. The zero-order valence-corrected chi connectivity index (χ0v) is 11.5. The van der Waals surface area contributed by atoms with E-state index < -0.39 is 0 Å². The maximum Gasteiger partial charge on any atom is 0.136 e. The van der Waals surface area contributed by atoms with Gasteiger partial charge < -0.3 is 14.4 Å². The van der Waals surface area contributed by atoms with Gasteiger partial charge in [0.1, 0.15) is 10.9 Å². The number of hydrogen-bond donors (Lipinski definition) is 0. The number of morpholine rings is 1. The van der Waals surface area contributed by atoms with Gasteiger partial charge in [0.25, 0.3) is 0 Å². The highest BCUT2D eigenvalue weighted by molar-refractivity contribution is 6.34. The fourth-order valence-corrected chi connectivity index (χ4v) is 2.57. The number of hydrogen-bond acceptors (Lipinski definition) is 4. The molecule has 1 saturated heterocycles. The molecule has 0 atom stereocenters. The third-order valence-corrected chi connectivity index (χ3v) is 3.68. The van der Waals surface area contributed by atoms with Crippen molar-refractivity contribution in [3.8, 4) is 5.75 Å². The molecule has 0 amide bonds. The van der Waals surface area contributed by atoms with Crippen LogP contribution in [0.5, 0.6) is 5.75 Å². The van der Waals surface area contributed by atoms with Crippen LogP contribution in [0.25, 0.3) is 10.8 Å². The summed E-state index contributed by atoms with van der Waals surface area (Å²) in [6.07, 6.45) is 1.83. The molecule has 0 bridgehead atoms. The largest absolute Gasteiger partial charge is 0.497 e. The van der Waals surface area contributed by atoms with Crippen molar-refractivity contribution in [2.45, 2.75) is 0 Å². The van der Waals surface area contributed by atoms with Gasteiger partial charge in [0.15, 0.2) is 0 Å². The van der Waals surface area contributed by atoms with Crippen molar-refractivity contribution in [3.05, 3.63) is 29.5 Å². The van der Waals surface area contributed by atoms with Crippen LogP contribution in [0, 0.1) is 0 Å². The third-order valence-electron chi connectivity index (χ3n) is 3.38. The lowest BCUT2D eigenvalue weighted by Gasteiger charge is -2.29. The fraction of sp³-hybridized carbons (Fsp3) is 0.357. The minimum atomic E-state index is 0.523. The van der Waals surface area contributed by atoms with E-state index in [9.17, 15) is 0 Å². The lowest BCUT2D eigenvalue weighted by Crippen LogP contribution is -2.36. The number of pyridine rings is 1. The van der Waals surface area contributed by atoms with Gasteiger partial charge in [-0.15, -0.1) is 0 Å². The molecule has 1 aromatic heterocycles. The molecule has 19 heavy (non-hydrogen) atoms. The summed E-state index contributed by atoms with van der Waals surface area (Å²) in [6, 6.07) is 5.86. The summed E-state index contributed by atoms with van der Waals surface area (Å²) in [5, 5.41) is 2.54. The second-order valence-electron chi connectivity index (χ2n) is 4.45. The van der Waals surface area contributed by atoms with Gasteiger partial charge in [0, 0.05) is 23.9 Å². The predicted molar refractivity (Wildman–Crippen MR) is 76.3 cm³/mol. The second-order valence-corrected chi connectivity index (χ2v) is 4.80. The Morgan fingerprint density at radius 2 is 2.05 bits per heavy atom. The fourth-order valence-electron chi connectivity index (χ4n) is 2.36. The number of benzene rings is 1. The van der Waals surface area contributed by atoms with E-state index in [2.05, 4.69) is 9.88 Å². The van der Waals surface area contributed by atoms with Gasteiger partial charge in [-0.1, -0.05) is 11.6 Å². The molecule has 3 rings (SSSR count). The molecule has 2 aromatic rings. The Balaban J connectivity index is 2.14. The van der Waals surface area contributed by atoms with Gasteiger partial charge in [-0.2, -0.15) is 0 Å². The van der Waals surface area contributed by atoms with Gasteiger partial charge >= 0.3 is 0 Å². The van der Waals surface area contributed by atoms with Crippen LogP contribution in [0.1, 0.15) is 0 Å². The molecule has 4 nitrogen and oxygen atoms in total. The van der Waals surface area contributed by atoms with Crippen LogP contribution >= 0.6 is 11.6 Å². The number of ether oxygens (including phenoxy) is 2. The van der Waals surface area contributed by atoms with E-state index in [0.29, 0.717) is 5.15 Å². The van der Waals surface area contributed by atoms with Gasteiger partial charge in [-0.25, -0.2) is 4.98 Å². The van der Waals surface area contributed by atoms with Crippen molar-refractivity contribution in [1.82, 2.24) is 4.98 Å². The average Bonchev–Trinajstić information content (AvgIpc) is 2.48. The molecule has 1 aliphatic heterocycles. The highest BCUT2D eigenvalue weighted by Gasteiger charge is 2.16. The van der Waals surface area contributed by atoms with Crippen molar-refractivity contribution < 1.29 is 9.47 Å². The second kappa shape index (κ2) is 5.23. The monoisotopic (exact) mass is 278 g/mol. The zero-order valence-electron chi connectivity index (χ0n) is 10.7. The Morgan fingerprint density at radius 1 is 1.26 bits per heavy atom. The molecule has 0 saturated carbocycles. The van der Waals surface area contributed by atoms with Crippen molar-refractivity contribution in [3.63, 3.8) is 0 Å². The van der Waals surface area contributed by atoms with Crippen LogP contribution in [-0.4, -0.2) is 38.4 Å². The highest BCUT2D eigenvalue weighted by atomic mass is 35.5. The SMILES string of the molecule is COc1ccc2c(Cl)ncc(N3CCOCC3)c2c1. The number of fused-ring (bicyclic) bond motifs is 1. The first-order valence-electron chi connectivity index (χ1n) is 6.24. The molecule has 5 heteroatoms. The molecule has 1 fully saturated rings. The van der Waals surface area contributed by atoms with E-state index in [1.807, 2.05) is 24.4 Å². The summed E-state index contributed by atoms with van der Waals surface area (Å²) < 4.78 is 10.7. The molecule has 0 aliphatic carbocycles. The average molecular weight is 279 g/mol. The summed E-state index contributed by atoms with van der Waals surface area (Å²) in [7, 11) is 1.67. The first kappa shape index (κ1) is 12.5. The van der Waals surface area contributed by atoms with Crippen LogP contribution in [0.15, 0.2) is 24.4 Å². The van der Waals surface area contributed by atoms with Crippen molar-refractivity contribution in [1.29, 1.82) is 0 Å². The molecule has 2 heterocycles. The Kier molecular flexibility index (Phi) is 3.44. The first-order valence-corrected chi connectivity index (χ1v) is 6.62. The summed E-state index contributed by atoms with van der Waals surface area (Å²) in [5.41, 5.74) is 1.08. The lowest BCUT2D eigenvalue weighted by atomic mass is 10.1. The van der Waals surface area contributed by atoms with Crippen molar-refractivity contribution in [2.24, 2.45) is 0 Å². The minimum absolute atomic E-state index is 0.523. The van der Waals surface area contributed by atoms with Crippen LogP contribution in [0.3, 0.4) is 0 Å². The molecular formula is C14H15ClN2O2. The number of methoxy groups -OCH3 is 1. The van der Waals surface area contributed by atoms with Crippen LogP contribution in [-0.2, 0) is 4.74 Å². The molecule has 0 spiro atoms. The highest BCUT2D eigenvalue weighted by Crippen LogP contribution is 2.33. The minimum Gasteiger partial charge on any atom is -0.497 e. The molecule has 1 aromatic carbocycles. The van der Waals surface area contributed by atoms with Gasteiger partial charge in [-0.3, -0.25) is 0 Å². The van der Waals surface area contributed by atoms with Gasteiger partial charge in [-0.05, 0) is 18.2 Å². The molecule has 0 unspecified atom stereocenters. The van der Waals surface area contributed by atoms with E-state index >= 15 is 0 Å². The van der Waals surface area contributed by atoms with E-state index in [1.165, 1.54) is 0 Å². The Labute approximate surface area is 116 Å². The topological polar surface area (TPSA) is 34.6 Å². The standard InChI is InChI=1S/C14H15ClN2O2/c1-18-10-2-3-11-12(8-10)13(9-16-14(11)15)17-4-6-19-7-5-17/h2-3,8-9H,4-7H2,1H3. The van der Waals surface area contributed by atoms with Crippen LogP contribution < -0.4 is 9.64 Å². The Morgan fingerprint density at radius 3 is 2.79 bits per heavy atom. The predicted octanol–water partition coefficient (Wildman–Crippen LogP) is 2.73. The van der Waals surface area contributed by atoms with Crippen LogP contribution in [0.2, 0.25) is 5.15 Å². The maximum atomic E-state index is 6.17. The smallest absolute Gasteiger partial charge is 0.136 e. The third kappa shape index (κ3) is 2.33. The quantitative estimate of drug-likeness (QED) is 0.791. The Bertz CT molecular complexity index is 597. The number of rotatable bonds is 2. The van der Waals surface area contributed by atoms with Crippen molar-refractivity contribution >= 4 is 28.1 Å². The number of anilines is 1. The normalized spacial score (nSPS) is 15.8.